The summed E-state index contributed by atoms with van der Waals surface area (Å²) in [5, 5.41) is 14.1. The van der Waals surface area contributed by atoms with Gasteiger partial charge in [-0.15, -0.1) is 0 Å². The van der Waals surface area contributed by atoms with Crippen molar-refractivity contribution in [3.05, 3.63) is 34.6 Å². The molecule has 0 aliphatic rings. The minimum Gasteiger partial charge on any atom is -0.394 e. The Balaban J connectivity index is 3.00. The molecule has 0 spiro atoms. The number of benzene rings is 1. The molecule has 7 heteroatoms. The number of hydrogen-bond donors (Lipinski definition) is 3. The lowest BCUT2D eigenvalue weighted by molar-refractivity contribution is -0.132. The van der Waals surface area contributed by atoms with Crippen LogP contribution in [0.5, 0.6) is 0 Å². The predicted molar refractivity (Wildman–Crippen MR) is 77.5 cm³/mol. The Hall–Kier alpha value is -1.66. The Morgan fingerprint density at radius 3 is 2.52 bits per heavy atom. The van der Waals surface area contributed by atoms with E-state index in [1.807, 2.05) is 0 Å². The second-order valence-corrected chi connectivity index (χ2v) is 5.51. The summed E-state index contributed by atoms with van der Waals surface area (Å²) in [6.45, 7) is 2.49. The number of aliphatic hydroxyl groups is 1. The van der Waals surface area contributed by atoms with E-state index in [1.165, 1.54) is 33.0 Å². The van der Waals surface area contributed by atoms with Gasteiger partial charge in [0.25, 0.3) is 0 Å². The highest BCUT2D eigenvalue weighted by molar-refractivity contribution is 6.30. The van der Waals surface area contributed by atoms with Gasteiger partial charge in [0.1, 0.15) is 11.9 Å². The molecule has 0 heterocycles. The molecule has 0 aliphatic heterocycles. The van der Waals surface area contributed by atoms with Crippen LogP contribution in [0.2, 0.25) is 5.02 Å². The van der Waals surface area contributed by atoms with Crippen molar-refractivity contribution in [2.45, 2.75) is 25.3 Å². The van der Waals surface area contributed by atoms with Crippen molar-refractivity contribution in [1.29, 1.82) is 0 Å². The Labute approximate surface area is 127 Å². The van der Waals surface area contributed by atoms with Crippen LogP contribution in [0.15, 0.2) is 18.2 Å². The van der Waals surface area contributed by atoms with Crippen molar-refractivity contribution in [3.63, 3.8) is 0 Å². The van der Waals surface area contributed by atoms with Gasteiger partial charge >= 0.3 is 0 Å². The molecule has 21 heavy (non-hydrogen) atoms. The quantitative estimate of drug-likeness (QED) is 0.758. The number of hydrogen-bond acceptors (Lipinski definition) is 3. The molecule has 0 saturated heterocycles. The summed E-state index contributed by atoms with van der Waals surface area (Å²) in [4.78, 5) is 23.8. The smallest absolute Gasteiger partial charge is 0.244 e. The Bertz CT molecular complexity index is 549. The standard InChI is InChI=1S/C14H18ClFN2O3/c1-14(2,9-5-4-8(15)6-10(9)16)13(21)18-11(7-19)12(20)17-3/h4-6,11,19H,7H2,1-3H3,(H,17,20)(H,18,21). The van der Waals surface area contributed by atoms with Gasteiger partial charge in [0, 0.05) is 17.6 Å². The molecular weight excluding hydrogens is 299 g/mol. The molecule has 5 nitrogen and oxygen atoms in total. The number of halogens is 2. The third-order valence-corrected chi connectivity index (χ3v) is 3.46. The Morgan fingerprint density at radius 2 is 2.05 bits per heavy atom. The van der Waals surface area contributed by atoms with E-state index in [9.17, 15) is 14.0 Å². The second kappa shape index (κ2) is 6.87. The maximum Gasteiger partial charge on any atom is 0.244 e. The van der Waals surface area contributed by atoms with Gasteiger partial charge in [0.05, 0.1) is 12.0 Å². The first-order chi connectivity index (χ1) is 9.73. The van der Waals surface area contributed by atoms with Crippen LogP contribution in [0.25, 0.3) is 0 Å². The summed E-state index contributed by atoms with van der Waals surface area (Å²) in [6, 6.07) is 2.94. The highest BCUT2D eigenvalue weighted by Gasteiger charge is 2.34. The molecular formula is C14H18ClFN2O3. The Morgan fingerprint density at radius 1 is 1.43 bits per heavy atom. The zero-order chi connectivity index (χ0) is 16.2. The summed E-state index contributed by atoms with van der Waals surface area (Å²) in [7, 11) is 1.39. The largest absolute Gasteiger partial charge is 0.394 e. The zero-order valence-electron chi connectivity index (χ0n) is 12.0. The van der Waals surface area contributed by atoms with Crippen LogP contribution in [0, 0.1) is 5.82 Å². The molecule has 2 amide bonds. The number of carbonyl (C=O) groups excluding carboxylic acids is 2. The molecule has 0 saturated carbocycles. The average Bonchev–Trinajstić information content (AvgIpc) is 2.43. The summed E-state index contributed by atoms with van der Waals surface area (Å²) in [6.07, 6.45) is 0. The van der Waals surface area contributed by atoms with Gasteiger partial charge in [-0.25, -0.2) is 4.39 Å². The maximum absolute atomic E-state index is 14.0. The summed E-state index contributed by atoms with van der Waals surface area (Å²) >= 11 is 5.69. The van der Waals surface area contributed by atoms with Crippen molar-refractivity contribution in [1.82, 2.24) is 10.6 Å². The van der Waals surface area contributed by atoms with Crippen LogP contribution in [0.1, 0.15) is 19.4 Å². The molecule has 0 aromatic heterocycles. The lowest BCUT2D eigenvalue weighted by Crippen LogP contribution is -2.52. The number of aliphatic hydroxyl groups excluding tert-OH is 1. The highest BCUT2D eigenvalue weighted by atomic mass is 35.5. The predicted octanol–water partition coefficient (Wildman–Crippen LogP) is 0.980. The molecule has 0 fully saturated rings. The fourth-order valence-electron chi connectivity index (χ4n) is 1.83. The van der Waals surface area contributed by atoms with Crippen molar-refractivity contribution in [2.24, 2.45) is 0 Å². The van der Waals surface area contributed by atoms with Gasteiger partial charge in [-0.05, 0) is 26.0 Å². The third kappa shape index (κ3) is 3.92. The van der Waals surface area contributed by atoms with Crippen LogP contribution < -0.4 is 10.6 Å². The van der Waals surface area contributed by atoms with E-state index in [0.29, 0.717) is 0 Å². The fraction of sp³-hybridized carbons (Fsp3) is 0.429. The fourth-order valence-corrected chi connectivity index (χ4v) is 1.98. The Kier molecular flexibility index (Phi) is 5.69. The topological polar surface area (TPSA) is 78.4 Å². The molecule has 1 atom stereocenters. The normalized spacial score (nSPS) is 12.7. The van der Waals surface area contributed by atoms with Crippen LogP contribution in [0.3, 0.4) is 0 Å². The number of rotatable bonds is 5. The van der Waals surface area contributed by atoms with Crippen molar-refractivity contribution in [3.8, 4) is 0 Å². The first-order valence-corrected chi connectivity index (χ1v) is 6.70. The monoisotopic (exact) mass is 316 g/mol. The average molecular weight is 317 g/mol. The molecule has 116 valence electrons. The van der Waals surface area contributed by atoms with E-state index >= 15 is 0 Å². The van der Waals surface area contributed by atoms with E-state index in [4.69, 9.17) is 16.7 Å². The van der Waals surface area contributed by atoms with Crippen LogP contribution >= 0.6 is 11.6 Å². The molecule has 1 rings (SSSR count). The van der Waals surface area contributed by atoms with Gasteiger partial charge in [0.15, 0.2) is 0 Å². The number of amides is 2. The molecule has 1 aromatic carbocycles. The number of likely N-dealkylation sites (N-methyl/N-ethyl adjacent to an activating group) is 1. The van der Waals surface area contributed by atoms with Crippen LogP contribution in [-0.2, 0) is 15.0 Å². The summed E-state index contributed by atoms with van der Waals surface area (Å²) in [5.74, 6) is -1.72. The number of nitrogens with one attached hydrogen (secondary N) is 2. The van der Waals surface area contributed by atoms with Crippen LogP contribution in [-0.4, -0.2) is 36.6 Å². The molecule has 3 N–H and O–H groups in total. The van der Waals surface area contributed by atoms with Gasteiger partial charge in [0.2, 0.25) is 11.8 Å². The van der Waals surface area contributed by atoms with E-state index in [2.05, 4.69) is 10.6 Å². The minimum absolute atomic E-state index is 0.151. The lowest BCUT2D eigenvalue weighted by Gasteiger charge is -2.27. The highest BCUT2D eigenvalue weighted by Crippen LogP contribution is 2.28. The van der Waals surface area contributed by atoms with Crippen molar-refractivity contribution in [2.75, 3.05) is 13.7 Å². The minimum atomic E-state index is -1.23. The first kappa shape index (κ1) is 17.4. The SMILES string of the molecule is CNC(=O)C(CO)NC(=O)C(C)(C)c1ccc(Cl)cc1F. The van der Waals surface area contributed by atoms with Gasteiger partial charge in [-0.3, -0.25) is 9.59 Å². The lowest BCUT2D eigenvalue weighted by atomic mass is 9.83. The van der Waals surface area contributed by atoms with Gasteiger partial charge in [-0.1, -0.05) is 17.7 Å². The van der Waals surface area contributed by atoms with Crippen molar-refractivity contribution >= 4 is 23.4 Å². The summed E-state index contributed by atoms with van der Waals surface area (Å²) < 4.78 is 14.0. The van der Waals surface area contributed by atoms with E-state index in [1.54, 1.807) is 0 Å². The first-order valence-electron chi connectivity index (χ1n) is 6.33. The zero-order valence-corrected chi connectivity index (χ0v) is 12.8. The molecule has 0 bridgehead atoms. The third-order valence-electron chi connectivity index (χ3n) is 3.22. The van der Waals surface area contributed by atoms with Crippen LogP contribution in [0.4, 0.5) is 4.39 Å². The maximum atomic E-state index is 14.0. The summed E-state index contributed by atoms with van der Waals surface area (Å²) in [5.41, 5.74) is -1.08. The van der Waals surface area contributed by atoms with Crippen molar-refractivity contribution < 1.29 is 19.1 Å². The molecule has 1 unspecified atom stereocenters. The van der Waals surface area contributed by atoms with Gasteiger partial charge in [-0.2, -0.15) is 0 Å². The molecule has 1 aromatic rings. The molecule has 0 aliphatic carbocycles. The number of carbonyl (C=O) groups is 2. The second-order valence-electron chi connectivity index (χ2n) is 5.07. The van der Waals surface area contributed by atoms with E-state index in [-0.39, 0.29) is 10.6 Å². The van der Waals surface area contributed by atoms with Gasteiger partial charge < -0.3 is 15.7 Å². The molecule has 0 radical (unpaired) electrons. The van der Waals surface area contributed by atoms with E-state index < -0.39 is 35.7 Å². The van der Waals surface area contributed by atoms with E-state index in [0.717, 1.165) is 6.07 Å².